The summed E-state index contributed by atoms with van der Waals surface area (Å²) < 4.78 is 0. The van der Waals surface area contributed by atoms with E-state index in [1.54, 1.807) is 12.1 Å². The number of amides is 2. The number of hydrogen-bond donors (Lipinski definition) is 1. The van der Waals surface area contributed by atoms with Crippen molar-refractivity contribution in [2.24, 2.45) is 11.3 Å². The van der Waals surface area contributed by atoms with Gasteiger partial charge in [-0.1, -0.05) is 54.6 Å². The Morgan fingerprint density at radius 3 is 2.03 bits per heavy atom. The highest BCUT2D eigenvalue weighted by Gasteiger charge is 2.68. The van der Waals surface area contributed by atoms with Crippen LogP contribution in [0, 0.1) is 11.3 Å². The van der Waals surface area contributed by atoms with Gasteiger partial charge in [0, 0.05) is 11.8 Å². The lowest BCUT2D eigenvalue weighted by Crippen LogP contribution is -2.49. The molecule has 1 N–H and O–H groups in total. The van der Waals surface area contributed by atoms with E-state index in [1.807, 2.05) is 31.2 Å². The lowest BCUT2D eigenvalue weighted by atomic mass is 9.48. The molecular formula is C26H19NO4. The summed E-state index contributed by atoms with van der Waals surface area (Å²) in [4.78, 5) is 40.4. The molecule has 1 aliphatic heterocycles. The number of anilines is 1. The van der Waals surface area contributed by atoms with E-state index in [2.05, 4.69) is 24.3 Å². The second-order valence-electron chi connectivity index (χ2n) is 8.76. The van der Waals surface area contributed by atoms with Gasteiger partial charge >= 0.3 is 5.97 Å². The van der Waals surface area contributed by atoms with Crippen LogP contribution in [0.3, 0.4) is 0 Å². The van der Waals surface area contributed by atoms with E-state index in [0.717, 1.165) is 22.3 Å². The zero-order valence-corrected chi connectivity index (χ0v) is 16.8. The Labute approximate surface area is 178 Å². The fraction of sp³-hybridized carbons (Fsp3) is 0.192. The fourth-order valence-corrected chi connectivity index (χ4v) is 6.14. The molecular weight excluding hydrogens is 390 g/mol. The third kappa shape index (κ3) is 2.08. The van der Waals surface area contributed by atoms with Gasteiger partial charge in [-0.2, -0.15) is 0 Å². The maximum Gasteiger partial charge on any atom is 0.335 e. The second-order valence-corrected chi connectivity index (χ2v) is 8.76. The highest BCUT2D eigenvalue weighted by Crippen LogP contribution is 2.67. The summed E-state index contributed by atoms with van der Waals surface area (Å²) in [5, 5.41) is 9.38. The zero-order valence-electron chi connectivity index (χ0n) is 16.8. The first-order valence-corrected chi connectivity index (χ1v) is 10.3. The molecule has 152 valence electrons. The first kappa shape index (κ1) is 18.1. The highest BCUT2D eigenvalue weighted by atomic mass is 16.4. The van der Waals surface area contributed by atoms with Crippen LogP contribution in [-0.4, -0.2) is 22.9 Å². The molecule has 1 heterocycles. The minimum absolute atomic E-state index is 0.0488. The van der Waals surface area contributed by atoms with Crippen molar-refractivity contribution in [2.75, 3.05) is 4.90 Å². The lowest BCUT2D eigenvalue weighted by molar-refractivity contribution is -0.128. The Kier molecular flexibility index (Phi) is 3.45. The van der Waals surface area contributed by atoms with Crippen molar-refractivity contribution >= 4 is 23.5 Å². The summed E-state index contributed by atoms with van der Waals surface area (Å²) >= 11 is 0. The Morgan fingerprint density at radius 2 is 1.45 bits per heavy atom. The van der Waals surface area contributed by atoms with Gasteiger partial charge in [0.25, 0.3) is 0 Å². The summed E-state index contributed by atoms with van der Waals surface area (Å²) in [5.74, 6) is -2.56. The number of carbonyl (C=O) groups excluding carboxylic acids is 2. The van der Waals surface area contributed by atoms with Crippen LogP contribution in [0.5, 0.6) is 0 Å². The van der Waals surface area contributed by atoms with Crippen LogP contribution in [0.4, 0.5) is 5.69 Å². The number of hydrogen-bond acceptors (Lipinski definition) is 3. The third-order valence-electron chi connectivity index (χ3n) is 7.36. The van der Waals surface area contributed by atoms with Gasteiger partial charge in [-0.25, -0.2) is 9.69 Å². The molecule has 3 aromatic rings. The SMILES string of the molecule is C[C@@]12C(=O)N(c3cccc(C(=O)O)c3)C(=O)[C@@H]1C1c3ccccc3C2c2ccccc21. The zero-order chi connectivity index (χ0) is 21.5. The van der Waals surface area contributed by atoms with Crippen LogP contribution < -0.4 is 4.90 Å². The van der Waals surface area contributed by atoms with Gasteiger partial charge in [-0.3, -0.25) is 9.59 Å². The minimum atomic E-state index is -1.09. The van der Waals surface area contributed by atoms with E-state index in [4.69, 9.17) is 0 Å². The molecule has 0 radical (unpaired) electrons. The van der Waals surface area contributed by atoms with Crippen LogP contribution in [-0.2, 0) is 9.59 Å². The number of aromatic carboxylic acids is 1. The van der Waals surface area contributed by atoms with Crippen molar-refractivity contribution in [1.29, 1.82) is 0 Å². The summed E-state index contributed by atoms with van der Waals surface area (Å²) in [6.45, 7) is 1.91. The summed E-state index contributed by atoms with van der Waals surface area (Å²) in [6.07, 6.45) is 0. The Hall–Kier alpha value is -3.73. The van der Waals surface area contributed by atoms with Gasteiger partial charge in [-0.15, -0.1) is 0 Å². The average Bonchev–Trinajstić information content (AvgIpc) is 2.99. The Balaban J connectivity index is 1.59. The number of imide groups is 1. The maximum atomic E-state index is 13.9. The lowest BCUT2D eigenvalue weighted by Gasteiger charge is -2.51. The quantitative estimate of drug-likeness (QED) is 0.645. The van der Waals surface area contributed by atoms with E-state index in [1.165, 1.54) is 17.0 Å². The van der Waals surface area contributed by atoms with Crippen molar-refractivity contribution in [2.45, 2.75) is 18.8 Å². The molecule has 4 aliphatic rings. The van der Waals surface area contributed by atoms with Gasteiger partial charge in [-0.05, 0) is 47.4 Å². The maximum absolute atomic E-state index is 13.9. The molecule has 1 fully saturated rings. The molecule has 31 heavy (non-hydrogen) atoms. The van der Waals surface area contributed by atoms with E-state index >= 15 is 0 Å². The van der Waals surface area contributed by atoms with E-state index in [0.29, 0.717) is 5.69 Å². The number of carboxylic acids is 1. The molecule has 2 amide bonds. The number of benzene rings is 3. The second kappa shape index (κ2) is 5.91. The molecule has 5 nitrogen and oxygen atoms in total. The molecule has 2 bridgehead atoms. The van der Waals surface area contributed by atoms with Crippen LogP contribution in [0.25, 0.3) is 0 Å². The summed E-state index contributed by atoms with van der Waals surface area (Å²) in [6, 6.07) is 22.2. The van der Waals surface area contributed by atoms with Gasteiger partial charge in [0.2, 0.25) is 11.8 Å². The molecule has 2 atom stereocenters. The van der Waals surface area contributed by atoms with Crippen molar-refractivity contribution in [3.63, 3.8) is 0 Å². The van der Waals surface area contributed by atoms with Crippen molar-refractivity contribution in [3.8, 4) is 0 Å². The molecule has 3 aliphatic carbocycles. The number of carbonyl (C=O) groups is 3. The molecule has 5 heteroatoms. The standard InChI is InChI=1S/C26H19NO4/c1-26-21-18-11-4-2-9-16(18)20(17-10-3-5-12-19(17)21)22(26)23(28)27(25(26)31)15-8-6-7-14(13-15)24(29)30/h2-13,20-22H,1H3,(H,29,30)/t20?,21?,22-,26-/m0/s1. The van der Waals surface area contributed by atoms with Crippen molar-refractivity contribution in [3.05, 3.63) is 101 Å². The number of carboxylic acid groups (broad SMARTS) is 1. The molecule has 1 saturated heterocycles. The fourth-order valence-electron chi connectivity index (χ4n) is 6.14. The summed E-state index contributed by atoms with van der Waals surface area (Å²) in [5.41, 5.74) is 3.86. The van der Waals surface area contributed by atoms with Gasteiger partial charge in [0.1, 0.15) is 0 Å². The van der Waals surface area contributed by atoms with E-state index in [-0.39, 0.29) is 29.2 Å². The summed E-state index contributed by atoms with van der Waals surface area (Å²) in [7, 11) is 0. The molecule has 0 saturated carbocycles. The van der Waals surface area contributed by atoms with Gasteiger partial charge in [0.15, 0.2) is 0 Å². The van der Waals surface area contributed by atoms with Crippen LogP contribution >= 0.6 is 0 Å². The van der Waals surface area contributed by atoms with Gasteiger partial charge in [0.05, 0.1) is 22.6 Å². The monoisotopic (exact) mass is 409 g/mol. The minimum Gasteiger partial charge on any atom is -0.478 e. The molecule has 0 spiro atoms. The number of nitrogens with zero attached hydrogens (tertiary/aromatic N) is 1. The van der Waals surface area contributed by atoms with E-state index in [9.17, 15) is 19.5 Å². The Morgan fingerprint density at radius 1 is 0.871 bits per heavy atom. The normalized spacial score (nSPS) is 27.6. The topological polar surface area (TPSA) is 74.7 Å². The van der Waals surface area contributed by atoms with Crippen LogP contribution in [0.15, 0.2) is 72.8 Å². The predicted octanol–water partition coefficient (Wildman–Crippen LogP) is 4.17. The largest absolute Gasteiger partial charge is 0.478 e. The van der Waals surface area contributed by atoms with E-state index < -0.39 is 17.3 Å². The average molecular weight is 409 g/mol. The molecule has 0 unspecified atom stereocenters. The predicted molar refractivity (Wildman–Crippen MR) is 114 cm³/mol. The molecule has 7 rings (SSSR count). The van der Waals surface area contributed by atoms with Gasteiger partial charge < -0.3 is 5.11 Å². The first-order valence-electron chi connectivity index (χ1n) is 10.3. The van der Waals surface area contributed by atoms with Crippen LogP contribution in [0.1, 0.15) is 51.4 Å². The smallest absolute Gasteiger partial charge is 0.335 e. The van der Waals surface area contributed by atoms with Crippen molar-refractivity contribution < 1.29 is 19.5 Å². The molecule has 3 aromatic carbocycles. The van der Waals surface area contributed by atoms with Crippen molar-refractivity contribution in [1.82, 2.24) is 0 Å². The Bertz CT molecular complexity index is 1260. The third-order valence-corrected chi connectivity index (χ3v) is 7.36. The van der Waals surface area contributed by atoms with Crippen LogP contribution in [0.2, 0.25) is 0 Å². The first-order chi connectivity index (χ1) is 14.9. The highest BCUT2D eigenvalue weighted by molar-refractivity contribution is 6.25. The number of rotatable bonds is 2. The molecule has 0 aromatic heterocycles.